The standard InChI is InChI=1S/C10H17Cl2N/c1-10(2)4-3-5-13(8-10)7-9(12)6-11/h6H,3-5,7-8H2,1-2H3/b9-6-. The van der Waals surface area contributed by atoms with Gasteiger partial charge in [0.15, 0.2) is 0 Å². The summed E-state index contributed by atoms with van der Waals surface area (Å²) >= 11 is 11.4. The molecule has 0 spiro atoms. The average Bonchev–Trinajstić information content (AvgIpc) is 2.02. The van der Waals surface area contributed by atoms with Gasteiger partial charge in [-0.05, 0) is 24.8 Å². The lowest BCUT2D eigenvalue weighted by Gasteiger charge is -2.37. The second kappa shape index (κ2) is 4.68. The van der Waals surface area contributed by atoms with Crippen LogP contribution < -0.4 is 0 Å². The number of piperidine rings is 1. The summed E-state index contributed by atoms with van der Waals surface area (Å²) in [5.41, 5.74) is 1.89. The van der Waals surface area contributed by atoms with Gasteiger partial charge in [0.05, 0.1) is 0 Å². The SMILES string of the molecule is CC1(C)CCCN(C/C(Cl)=C/Cl)C1. The second-order valence-electron chi connectivity index (χ2n) is 4.53. The van der Waals surface area contributed by atoms with Crippen molar-refractivity contribution in [2.24, 2.45) is 5.41 Å². The topological polar surface area (TPSA) is 3.24 Å². The van der Waals surface area contributed by atoms with E-state index >= 15 is 0 Å². The van der Waals surface area contributed by atoms with Crippen LogP contribution in [0.3, 0.4) is 0 Å². The van der Waals surface area contributed by atoms with E-state index in [4.69, 9.17) is 23.2 Å². The molecule has 0 saturated carbocycles. The van der Waals surface area contributed by atoms with Crippen LogP contribution in [0.4, 0.5) is 0 Å². The van der Waals surface area contributed by atoms with Crippen molar-refractivity contribution in [2.45, 2.75) is 26.7 Å². The Morgan fingerprint density at radius 1 is 1.54 bits per heavy atom. The predicted molar refractivity (Wildman–Crippen MR) is 59.2 cm³/mol. The predicted octanol–water partition coefficient (Wildman–Crippen LogP) is 3.43. The Bertz CT molecular complexity index is 199. The Morgan fingerprint density at radius 3 is 2.77 bits per heavy atom. The zero-order chi connectivity index (χ0) is 9.90. The monoisotopic (exact) mass is 221 g/mol. The van der Waals surface area contributed by atoms with E-state index in [1.165, 1.54) is 18.4 Å². The summed E-state index contributed by atoms with van der Waals surface area (Å²) in [4.78, 5) is 2.37. The van der Waals surface area contributed by atoms with Crippen LogP contribution in [0.15, 0.2) is 10.6 Å². The number of rotatable bonds is 2. The molecule has 3 heteroatoms. The summed E-state index contributed by atoms with van der Waals surface area (Å²) in [6.07, 6.45) is 2.57. The van der Waals surface area contributed by atoms with E-state index in [1.807, 2.05) is 0 Å². The Kier molecular flexibility index (Phi) is 4.08. The highest BCUT2D eigenvalue weighted by molar-refractivity contribution is 6.36. The molecule has 0 aromatic heterocycles. The molecule has 0 amide bonds. The maximum atomic E-state index is 5.88. The molecule has 1 heterocycles. The first kappa shape index (κ1) is 11.4. The summed E-state index contributed by atoms with van der Waals surface area (Å²) in [6, 6.07) is 0. The van der Waals surface area contributed by atoms with Gasteiger partial charge < -0.3 is 0 Å². The van der Waals surface area contributed by atoms with E-state index in [0.29, 0.717) is 5.41 Å². The summed E-state index contributed by atoms with van der Waals surface area (Å²) in [6.45, 7) is 7.67. The first-order chi connectivity index (χ1) is 6.03. The van der Waals surface area contributed by atoms with Gasteiger partial charge in [-0.15, -0.1) is 0 Å². The van der Waals surface area contributed by atoms with Crippen molar-refractivity contribution in [2.75, 3.05) is 19.6 Å². The van der Waals surface area contributed by atoms with Gasteiger partial charge in [0, 0.05) is 23.7 Å². The highest BCUT2D eigenvalue weighted by atomic mass is 35.5. The zero-order valence-corrected chi connectivity index (χ0v) is 9.83. The van der Waals surface area contributed by atoms with E-state index < -0.39 is 0 Å². The molecule has 0 N–H and O–H groups in total. The molecule has 1 fully saturated rings. The van der Waals surface area contributed by atoms with Crippen LogP contribution in [0, 0.1) is 5.41 Å². The van der Waals surface area contributed by atoms with E-state index in [1.54, 1.807) is 0 Å². The summed E-state index contributed by atoms with van der Waals surface area (Å²) in [5.74, 6) is 0. The number of nitrogens with zero attached hydrogens (tertiary/aromatic N) is 1. The lowest BCUT2D eigenvalue weighted by molar-refractivity contribution is 0.128. The molecular weight excluding hydrogens is 205 g/mol. The second-order valence-corrected chi connectivity index (χ2v) is 5.24. The molecule has 0 aromatic rings. The summed E-state index contributed by atoms with van der Waals surface area (Å²) in [5, 5.41) is 0.736. The number of hydrogen-bond donors (Lipinski definition) is 0. The molecule has 1 saturated heterocycles. The third kappa shape index (κ3) is 3.88. The number of hydrogen-bond acceptors (Lipinski definition) is 1. The maximum absolute atomic E-state index is 5.88. The molecule has 1 rings (SSSR count). The van der Waals surface area contributed by atoms with Crippen LogP contribution in [-0.2, 0) is 0 Å². The first-order valence-electron chi connectivity index (χ1n) is 4.71. The fourth-order valence-corrected chi connectivity index (χ4v) is 2.17. The molecule has 0 bridgehead atoms. The fraction of sp³-hybridized carbons (Fsp3) is 0.800. The molecule has 1 aliphatic heterocycles. The lowest BCUT2D eigenvalue weighted by atomic mass is 9.84. The summed E-state index contributed by atoms with van der Waals surface area (Å²) in [7, 11) is 0. The highest BCUT2D eigenvalue weighted by Gasteiger charge is 2.26. The van der Waals surface area contributed by atoms with Crippen molar-refractivity contribution < 1.29 is 0 Å². The van der Waals surface area contributed by atoms with E-state index in [0.717, 1.165) is 24.7 Å². The summed E-state index contributed by atoms with van der Waals surface area (Å²) < 4.78 is 0. The molecule has 0 radical (unpaired) electrons. The lowest BCUT2D eigenvalue weighted by Crippen LogP contribution is -2.40. The molecule has 0 aliphatic carbocycles. The van der Waals surface area contributed by atoms with Crippen LogP contribution >= 0.6 is 23.2 Å². The zero-order valence-electron chi connectivity index (χ0n) is 8.32. The fourth-order valence-electron chi connectivity index (χ4n) is 1.93. The molecule has 1 nitrogen and oxygen atoms in total. The van der Waals surface area contributed by atoms with Crippen LogP contribution in [-0.4, -0.2) is 24.5 Å². The Labute approximate surface area is 90.7 Å². The Hall–Kier alpha value is 0.280. The third-order valence-corrected chi connectivity index (χ3v) is 3.08. The van der Waals surface area contributed by atoms with Crippen LogP contribution in [0.25, 0.3) is 0 Å². The van der Waals surface area contributed by atoms with E-state index in [2.05, 4.69) is 18.7 Å². The quantitative estimate of drug-likeness (QED) is 0.691. The minimum atomic E-state index is 0.432. The van der Waals surface area contributed by atoms with Gasteiger partial charge in [-0.1, -0.05) is 37.0 Å². The van der Waals surface area contributed by atoms with E-state index in [9.17, 15) is 0 Å². The van der Waals surface area contributed by atoms with Gasteiger partial charge in [-0.3, -0.25) is 4.90 Å². The van der Waals surface area contributed by atoms with Gasteiger partial charge in [-0.25, -0.2) is 0 Å². The Balaban J connectivity index is 2.43. The van der Waals surface area contributed by atoms with Crippen LogP contribution in [0.2, 0.25) is 0 Å². The van der Waals surface area contributed by atoms with Gasteiger partial charge in [0.1, 0.15) is 0 Å². The number of likely N-dealkylation sites (tertiary alicyclic amines) is 1. The maximum Gasteiger partial charge on any atom is 0.0434 e. The first-order valence-corrected chi connectivity index (χ1v) is 5.52. The minimum absolute atomic E-state index is 0.432. The molecule has 0 atom stereocenters. The molecular formula is C10H17Cl2N. The molecule has 13 heavy (non-hydrogen) atoms. The normalized spacial score (nSPS) is 24.8. The Morgan fingerprint density at radius 2 is 2.23 bits per heavy atom. The van der Waals surface area contributed by atoms with Crippen molar-refractivity contribution in [1.82, 2.24) is 4.90 Å². The highest BCUT2D eigenvalue weighted by Crippen LogP contribution is 2.28. The van der Waals surface area contributed by atoms with Crippen molar-refractivity contribution in [1.29, 1.82) is 0 Å². The van der Waals surface area contributed by atoms with E-state index in [-0.39, 0.29) is 0 Å². The molecule has 0 unspecified atom stereocenters. The third-order valence-electron chi connectivity index (χ3n) is 2.47. The largest absolute Gasteiger partial charge is 0.298 e. The van der Waals surface area contributed by atoms with Gasteiger partial charge in [0.25, 0.3) is 0 Å². The van der Waals surface area contributed by atoms with Crippen molar-refractivity contribution in [3.63, 3.8) is 0 Å². The molecule has 76 valence electrons. The van der Waals surface area contributed by atoms with Crippen molar-refractivity contribution in [3.8, 4) is 0 Å². The smallest absolute Gasteiger partial charge is 0.0434 e. The van der Waals surface area contributed by atoms with Crippen molar-refractivity contribution >= 4 is 23.2 Å². The van der Waals surface area contributed by atoms with Crippen molar-refractivity contribution in [3.05, 3.63) is 10.6 Å². The molecule has 0 aromatic carbocycles. The van der Waals surface area contributed by atoms with Crippen LogP contribution in [0.5, 0.6) is 0 Å². The minimum Gasteiger partial charge on any atom is -0.298 e. The molecule has 1 aliphatic rings. The van der Waals surface area contributed by atoms with Gasteiger partial charge >= 0.3 is 0 Å². The van der Waals surface area contributed by atoms with Gasteiger partial charge in [-0.2, -0.15) is 0 Å². The van der Waals surface area contributed by atoms with Crippen LogP contribution in [0.1, 0.15) is 26.7 Å². The number of halogens is 2. The van der Waals surface area contributed by atoms with Gasteiger partial charge in [0.2, 0.25) is 0 Å². The average molecular weight is 222 g/mol.